The van der Waals surface area contributed by atoms with E-state index in [0.29, 0.717) is 12.1 Å². The van der Waals surface area contributed by atoms with Gasteiger partial charge in [0.15, 0.2) is 0 Å². The molecule has 3 unspecified atom stereocenters. The van der Waals surface area contributed by atoms with Crippen molar-refractivity contribution < 1.29 is 4.74 Å². The van der Waals surface area contributed by atoms with Crippen molar-refractivity contribution in [3.8, 4) is 0 Å². The molecule has 19 heavy (non-hydrogen) atoms. The topological polar surface area (TPSA) is 24.5 Å². The zero-order valence-corrected chi connectivity index (χ0v) is 13.4. The summed E-state index contributed by atoms with van der Waals surface area (Å²) in [5, 5.41) is 3.56. The van der Waals surface area contributed by atoms with Gasteiger partial charge in [0.2, 0.25) is 0 Å². The standard InChI is InChI=1S/C16H32N2O/c1-12(2)13-6-7-14(17-5)15(10-13)18-8-9-19-16(3,4)11-18/h12-15,17H,6-11H2,1-5H3. The highest BCUT2D eigenvalue weighted by molar-refractivity contribution is 4.94. The molecule has 0 aromatic heterocycles. The first-order valence-electron chi connectivity index (χ1n) is 7.98. The molecule has 0 amide bonds. The van der Waals surface area contributed by atoms with Crippen LogP contribution in [0.25, 0.3) is 0 Å². The van der Waals surface area contributed by atoms with Crippen LogP contribution in [0.5, 0.6) is 0 Å². The molecule has 0 aromatic rings. The Morgan fingerprint density at radius 3 is 2.58 bits per heavy atom. The molecule has 0 spiro atoms. The van der Waals surface area contributed by atoms with E-state index in [2.05, 4.69) is 45.0 Å². The molecule has 3 nitrogen and oxygen atoms in total. The van der Waals surface area contributed by atoms with Gasteiger partial charge < -0.3 is 10.1 Å². The minimum atomic E-state index is 0.0152. The van der Waals surface area contributed by atoms with Crippen LogP contribution in [-0.2, 0) is 4.74 Å². The van der Waals surface area contributed by atoms with Gasteiger partial charge in [-0.25, -0.2) is 0 Å². The molecule has 1 N–H and O–H groups in total. The summed E-state index contributed by atoms with van der Waals surface area (Å²) in [5.74, 6) is 1.70. The smallest absolute Gasteiger partial charge is 0.0753 e. The number of ether oxygens (including phenoxy) is 1. The molecule has 3 heteroatoms. The van der Waals surface area contributed by atoms with E-state index in [1.807, 2.05) is 0 Å². The van der Waals surface area contributed by atoms with Crippen molar-refractivity contribution in [3.63, 3.8) is 0 Å². The first-order valence-corrected chi connectivity index (χ1v) is 7.98. The molecule has 2 fully saturated rings. The Bertz CT molecular complexity index is 290. The number of likely N-dealkylation sites (N-methyl/N-ethyl adjacent to an activating group) is 1. The largest absolute Gasteiger partial charge is 0.373 e. The van der Waals surface area contributed by atoms with Gasteiger partial charge in [0.05, 0.1) is 12.2 Å². The van der Waals surface area contributed by atoms with E-state index in [0.717, 1.165) is 31.5 Å². The third-order valence-electron chi connectivity index (χ3n) is 5.09. The monoisotopic (exact) mass is 268 g/mol. The zero-order valence-electron chi connectivity index (χ0n) is 13.4. The highest BCUT2D eigenvalue weighted by Gasteiger charge is 2.38. The molecule has 1 saturated heterocycles. The van der Waals surface area contributed by atoms with E-state index >= 15 is 0 Å². The lowest BCUT2D eigenvalue weighted by molar-refractivity contribution is -0.106. The van der Waals surface area contributed by atoms with Crippen molar-refractivity contribution in [2.75, 3.05) is 26.7 Å². The molecule has 0 aromatic carbocycles. The number of hydrogen-bond donors (Lipinski definition) is 1. The number of nitrogens with zero attached hydrogens (tertiary/aromatic N) is 1. The Hall–Kier alpha value is -0.120. The van der Waals surface area contributed by atoms with Gasteiger partial charge in [0.25, 0.3) is 0 Å². The average molecular weight is 268 g/mol. The van der Waals surface area contributed by atoms with Gasteiger partial charge in [-0.15, -0.1) is 0 Å². The van der Waals surface area contributed by atoms with E-state index in [1.54, 1.807) is 0 Å². The Kier molecular flexibility index (Phi) is 4.91. The average Bonchev–Trinajstić information content (AvgIpc) is 2.36. The number of morpholine rings is 1. The van der Waals surface area contributed by atoms with E-state index in [9.17, 15) is 0 Å². The van der Waals surface area contributed by atoms with Crippen LogP contribution in [-0.4, -0.2) is 49.3 Å². The van der Waals surface area contributed by atoms with E-state index in [-0.39, 0.29) is 5.60 Å². The minimum Gasteiger partial charge on any atom is -0.373 e. The summed E-state index contributed by atoms with van der Waals surface area (Å²) in [6.07, 6.45) is 4.05. The van der Waals surface area contributed by atoms with E-state index < -0.39 is 0 Å². The lowest BCUT2D eigenvalue weighted by atomic mass is 9.76. The van der Waals surface area contributed by atoms with E-state index in [1.165, 1.54) is 19.3 Å². The molecule has 1 aliphatic carbocycles. The van der Waals surface area contributed by atoms with Crippen molar-refractivity contribution in [2.45, 2.75) is 64.6 Å². The SMILES string of the molecule is CNC1CCC(C(C)C)CC1N1CCOC(C)(C)C1. The van der Waals surface area contributed by atoms with Gasteiger partial charge in [-0.3, -0.25) is 4.90 Å². The van der Waals surface area contributed by atoms with Gasteiger partial charge in [0.1, 0.15) is 0 Å². The highest BCUT2D eigenvalue weighted by atomic mass is 16.5. The second-order valence-electron chi connectivity index (χ2n) is 7.36. The quantitative estimate of drug-likeness (QED) is 0.851. The van der Waals surface area contributed by atoms with Crippen LogP contribution in [0, 0.1) is 11.8 Å². The maximum absolute atomic E-state index is 5.87. The highest BCUT2D eigenvalue weighted by Crippen LogP contribution is 2.34. The molecule has 0 bridgehead atoms. The molecular formula is C16H32N2O. The Morgan fingerprint density at radius 1 is 1.26 bits per heavy atom. The fraction of sp³-hybridized carbons (Fsp3) is 1.00. The van der Waals surface area contributed by atoms with Crippen LogP contribution in [0.1, 0.15) is 47.0 Å². The Labute approximate surface area is 119 Å². The van der Waals surface area contributed by atoms with Crippen LogP contribution < -0.4 is 5.32 Å². The lowest BCUT2D eigenvalue weighted by Gasteiger charge is -2.48. The van der Waals surface area contributed by atoms with Crippen LogP contribution >= 0.6 is 0 Å². The summed E-state index contributed by atoms with van der Waals surface area (Å²) in [5.41, 5.74) is 0.0152. The summed E-state index contributed by atoms with van der Waals surface area (Å²) in [4.78, 5) is 2.68. The molecule has 3 atom stereocenters. The summed E-state index contributed by atoms with van der Waals surface area (Å²) in [6, 6.07) is 1.35. The zero-order chi connectivity index (χ0) is 14.0. The Balaban J connectivity index is 2.05. The summed E-state index contributed by atoms with van der Waals surface area (Å²) in [7, 11) is 2.12. The maximum Gasteiger partial charge on any atom is 0.0753 e. The summed E-state index contributed by atoms with van der Waals surface area (Å²) < 4.78 is 5.87. The Morgan fingerprint density at radius 2 is 2.00 bits per heavy atom. The molecule has 1 aliphatic heterocycles. The fourth-order valence-corrected chi connectivity index (χ4v) is 3.86. The maximum atomic E-state index is 5.87. The van der Waals surface area contributed by atoms with Gasteiger partial charge in [-0.1, -0.05) is 13.8 Å². The summed E-state index contributed by atoms with van der Waals surface area (Å²) >= 11 is 0. The molecule has 2 aliphatic rings. The molecule has 0 radical (unpaired) electrons. The predicted octanol–water partition coefficient (Wildman–Crippen LogP) is 2.51. The van der Waals surface area contributed by atoms with Crippen LogP contribution in [0.3, 0.4) is 0 Å². The van der Waals surface area contributed by atoms with Crippen LogP contribution in [0.4, 0.5) is 0 Å². The molecule has 1 saturated carbocycles. The minimum absolute atomic E-state index is 0.0152. The number of rotatable bonds is 3. The summed E-state index contributed by atoms with van der Waals surface area (Å²) in [6.45, 7) is 12.2. The molecule has 1 heterocycles. The second kappa shape index (κ2) is 6.11. The van der Waals surface area contributed by atoms with Gasteiger partial charge in [-0.2, -0.15) is 0 Å². The predicted molar refractivity (Wildman–Crippen MR) is 80.4 cm³/mol. The third kappa shape index (κ3) is 3.71. The number of hydrogen-bond acceptors (Lipinski definition) is 3. The van der Waals surface area contributed by atoms with Crippen molar-refractivity contribution in [3.05, 3.63) is 0 Å². The van der Waals surface area contributed by atoms with Gasteiger partial charge >= 0.3 is 0 Å². The molecule has 2 rings (SSSR count). The van der Waals surface area contributed by atoms with Gasteiger partial charge in [-0.05, 0) is 52.0 Å². The lowest BCUT2D eigenvalue weighted by Crippen LogP contribution is -2.59. The number of nitrogens with one attached hydrogen (secondary N) is 1. The first-order chi connectivity index (χ1) is 8.93. The fourth-order valence-electron chi connectivity index (χ4n) is 3.86. The van der Waals surface area contributed by atoms with E-state index in [4.69, 9.17) is 4.74 Å². The normalized spacial score (nSPS) is 36.6. The van der Waals surface area contributed by atoms with Crippen LogP contribution in [0.15, 0.2) is 0 Å². The molecular weight excluding hydrogens is 236 g/mol. The second-order valence-corrected chi connectivity index (χ2v) is 7.36. The van der Waals surface area contributed by atoms with Crippen molar-refractivity contribution in [2.24, 2.45) is 11.8 Å². The van der Waals surface area contributed by atoms with Gasteiger partial charge in [0, 0.05) is 25.2 Å². The third-order valence-corrected chi connectivity index (χ3v) is 5.09. The molecule has 112 valence electrons. The van der Waals surface area contributed by atoms with Crippen molar-refractivity contribution in [1.29, 1.82) is 0 Å². The van der Waals surface area contributed by atoms with Crippen molar-refractivity contribution in [1.82, 2.24) is 10.2 Å². The first kappa shape index (κ1) is 15.3. The van der Waals surface area contributed by atoms with Crippen LogP contribution in [0.2, 0.25) is 0 Å². The van der Waals surface area contributed by atoms with Crippen molar-refractivity contribution >= 4 is 0 Å².